The molecule has 1 saturated carbocycles. The van der Waals surface area contributed by atoms with E-state index in [2.05, 4.69) is 32.6 Å². The minimum absolute atomic E-state index is 0.0165. The van der Waals surface area contributed by atoms with Crippen LogP contribution in [0, 0.1) is 16.7 Å². The molecule has 2 fully saturated rings. The van der Waals surface area contributed by atoms with Crippen molar-refractivity contribution in [1.29, 1.82) is 0 Å². The molecule has 0 aromatic rings. The van der Waals surface area contributed by atoms with Gasteiger partial charge in [0.15, 0.2) is 0 Å². The van der Waals surface area contributed by atoms with Crippen molar-refractivity contribution in [3.8, 4) is 0 Å². The number of nitrogens with zero attached hydrogens (tertiary/aromatic N) is 1. The number of aliphatic hydroxyl groups is 2. The highest BCUT2D eigenvalue weighted by Gasteiger charge is 2.42. The Labute approximate surface area is 111 Å². The van der Waals surface area contributed by atoms with Crippen LogP contribution in [0.15, 0.2) is 0 Å². The molecule has 1 saturated heterocycles. The smallest absolute Gasteiger partial charge is 0.0631 e. The molecule has 0 spiro atoms. The maximum absolute atomic E-state index is 10.4. The van der Waals surface area contributed by atoms with E-state index in [1.165, 1.54) is 0 Å². The number of piperidine rings is 1. The molecule has 0 aromatic heterocycles. The van der Waals surface area contributed by atoms with Crippen LogP contribution in [0.5, 0.6) is 0 Å². The van der Waals surface area contributed by atoms with Crippen LogP contribution < -0.4 is 0 Å². The van der Waals surface area contributed by atoms with Crippen molar-refractivity contribution < 1.29 is 10.2 Å². The van der Waals surface area contributed by atoms with E-state index in [0.717, 1.165) is 38.9 Å². The minimum atomic E-state index is -0.182. The monoisotopic (exact) mass is 255 g/mol. The summed E-state index contributed by atoms with van der Waals surface area (Å²) >= 11 is 0. The molecule has 2 N–H and O–H groups in total. The highest BCUT2D eigenvalue weighted by Crippen LogP contribution is 2.42. The lowest BCUT2D eigenvalue weighted by atomic mass is 9.80. The molecule has 3 nitrogen and oxygen atoms in total. The van der Waals surface area contributed by atoms with Crippen molar-refractivity contribution in [2.75, 3.05) is 19.6 Å². The van der Waals surface area contributed by atoms with E-state index in [-0.39, 0.29) is 23.0 Å². The first-order chi connectivity index (χ1) is 8.22. The lowest BCUT2D eigenvalue weighted by Gasteiger charge is -2.43. The van der Waals surface area contributed by atoms with Gasteiger partial charge in [0, 0.05) is 25.0 Å². The molecule has 3 heteroatoms. The van der Waals surface area contributed by atoms with Crippen molar-refractivity contribution in [1.82, 2.24) is 4.90 Å². The van der Waals surface area contributed by atoms with E-state index in [4.69, 9.17) is 0 Å². The molecule has 1 heterocycles. The Morgan fingerprint density at radius 1 is 1.06 bits per heavy atom. The third-order valence-corrected chi connectivity index (χ3v) is 5.15. The second-order valence-electron chi connectivity index (χ2n) is 7.76. The molecule has 106 valence electrons. The zero-order valence-corrected chi connectivity index (χ0v) is 12.3. The Morgan fingerprint density at radius 3 is 2.22 bits per heavy atom. The van der Waals surface area contributed by atoms with Crippen molar-refractivity contribution in [3.05, 3.63) is 0 Å². The zero-order valence-electron chi connectivity index (χ0n) is 12.3. The topological polar surface area (TPSA) is 43.7 Å². The van der Waals surface area contributed by atoms with Crippen LogP contribution in [0.3, 0.4) is 0 Å². The molecular weight excluding hydrogens is 226 g/mol. The molecule has 1 aliphatic heterocycles. The van der Waals surface area contributed by atoms with Gasteiger partial charge in [-0.1, -0.05) is 27.7 Å². The maximum Gasteiger partial charge on any atom is 0.0631 e. The predicted octanol–water partition coefficient (Wildman–Crippen LogP) is 1.88. The second kappa shape index (κ2) is 4.77. The van der Waals surface area contributed by atoms with Gasteiger partial charge in [-0.3, -0.25) is 0 Å². The summed E-state index contributed by atoms with van der Waals surface area (Å²) in [4.78, 5) is 2.43. The van der Waals surface area contributed by atoms with Crippen LogP contribution >= 0.6 is 0 Å². The summed E-state index contributed by atoms with van der Waals surface area (Å²) in [7, 11) is 0. The van der Waals surface area contributed by atoms with Gasteiger partial charge in [-0.15, -0.1) is 0 Å². The van der Waals surface area contributed by atoms with Crippen LogP contribution in [-0.2, 0) is 0 Å². The quantitative estimate of drug-likeness (QED) is 0.792. The van der Waals surface area contributed by atoms with Gasteiger partial charge in [0.05, 0.1) is 12.2 Å². The molecule has 3 unspecified atom stereocenters. The normalized spacial score (nSPS) is 40.0. The first kappa shape index (κ1) is 14.3. The summed E-state index contributed by atoms with van der Waals surface area (Å²) in [6.07, 6.45) is 2.76. The van der Waals surface area contributed by atoms with Crippen molar-refractivity contribution >= 4 is 0 Å². The first-order valence-electron chi connectivity index (χ1n) is 7.31. The largest absolute Gasteiger partial charge is 0.392 e. The second-order valence-corrected chi connectivity index (χ2v) is 7.76. The number of hydrogen-bond acceptors (Lipinski definition) is 3. The van der Waals surface area contributed by atoms with E-state index < -0.39 is 0 Å². The van der Waals surface area contributed by atoms with Gasteiger partial charge < -0.3 is 15.1 Å². The van der Waals surface area contributed by atoms with Gasteiger partial charge in [0.2, 0.25) is 0 Å². The summed E-state index contributed by atoms with van der Waals surface area (Å²) in [5.74, 6) is 0.408. The summed E-state index contributed by atoms with van der Waals surface area (Å²) < 4.78 is 0. The van der Waals surface area contributed by atoms with Crippen LogP contribution in [0.1, 0.15) is 47.0 Å². The number of hydrogen-bond donors (Lipinski definition) is 2. The molecule has 2 rings (SSSR count). The molecular formula is C15H29NO2. The van der Waals surface area contributed by atoms with E-state index >= 15 is 0 Å². The van der Waals surface area contributed by atoms with Crippen LogP contribution in [0.25, 0.3) is 0 Å². The third kappa shape index (κ3) is 2.73. The number of likely N-dealkylation sites (tertiary alicyclic amines) is 1. The lowest BCUT2D eigenvalue weighted by molar-refractivity contribution is -0.0384. The Hall–Kier alpha value is -0.120. The highest BCUT2D eigenvalue weighted by atomic mass is 16.3. The molecule has 0 bridgehead atoms. The maximum atomic E-state index is 10.4. The fraction of sp³-hybridized carbons (Fsp3) is 1.00. The molecule has 18 heavy (non-hydrogen) atoms. The zero-order chi connectivity index (χ0) is 13.6. The molecule has 1 aliphatic carbocycles. The Bertz CT molecular complexity index is 301. The Balaban J connectivity index is 1.92. The molecule has 0 amide bonds. The number of rotatable bonds is 2. The first-order valence-corrected chi connectivity index (χ1v) is 7.31. The van der Waals surface area contributed by atoms with E-state index in [1.54, 1.807) is 0 Å². The summed E-state index contributed by atoms with van der Waals surface area (Å²) in [6, 6.07) is 0. The van der Waals surface area contributed by atoms with E-state index in [0.29, 0.717) is 5.92 Å². The van der Waals surface area contributed by atoms with Crippen LogP contribution in [0.4, 0.5) is 0 Å². The number of aliphatic hydroxyl groups excluding tert-OH is 2. The summed E-state index contributed by atoms with van der Waals surface area (Å²) in [5, 5.41) is 20.3. The fourth-order valence-corrected chi connectivity index (χ4v) is 3.64. The Morgan fingerprint density at radius 2 is 1.72 bits per heavy atom. The van der Waals surface area contributed by atoms with Crippen LogP contribution in [-0.4, -0.2) is 47.0 Å². The van der Waals surface area contributed by atoms with Gasteiger partial charge in [0.1, 0.15) is 0 Å². The van der Waals surface area contributed by atoms with Gasteiger partial charge in [-0.25, -0.2) is 0 Å². The summed E-state index contributed by atoms with van der Waals surface area (Å²) in [5.41, 5.74) is 0.0623. The highest BCUT2D eigenvalue weighted by molar-refractivity contribution is 4.94. The van der Waals surface area contributed by atoms with Gasteiger partial charge in [-0.05, 0) is 30.6 Å². The molecule has 3 atom stereocenters. The van der Waals surface area contributed by atoms with Crippen molar-refractivity contribution in [2.45, 2.75) is 59.2 Å². The van der Waals surface area contributed by atoms with E-state index in [1.807, 2.05) is 0 Å². The van der Waals surface area contributed by atoms with E-state index in [9.17, 15) is 10.2 Å². The average Bonchev–Trinajstić information content (AvgIpc) is 2.50. The van der Waals surface area contributed by atoms with Gasteiger partial charge >= 0.3 is 0 Å². The van der Waals surface area contributed by atoms with Crippen LogP contribution in [0.2, 0.25) is 0 Å². The minimum Gasteiger partial charge on any atom is -0.392 e. The molecule has 0 aromatic carbocycles. The van der Waals surface area contributed by atoms with Gasteiger partial charge in [0.25, 0.3) is 0 Å². The SMILES string of the molecule is CC1(C)CN(CC2CCC(C)(C)C2O)CCC1O. The van der Waals surface area contributed by atoms with Crippen molar-refractivity contribution in [3.63, 3.8) is 0 Å². The molecule has 0 radical (unpaired) electrons. The fourth-order valence-electron chi connectivity index (χ4n) is 3.64. The molecule has 2 aliphatic rings. The summed E-state index contributed by atoms with van der Waals surface area (Å²) in [6.45, 7) is 11.5. The van der Waals surface area contributed by atoms with Crippen molar-refractivity contribution in [2.24, 2.45) is 16.7 Å². The van der Waals surface area contributed by atoms with Gasteiger partial charge in [-0.2, -0.15) is 0 Å². The average molecular weight is 255 g/mol. The Kier molecular flexibility index (Phi) is 3.79. The lowest BCUT2D eigenvalue weighted by Crippen LogP contribution is -2.50. The third-order valence-electron chi connectivity index (χ3n) is 5.15. The standard InChI is InChI=1S/C15H29NO2/c1-14(2)7-5-11(13(14)18)9-16-8-6-12(17)15(3,4)10-16/h11-13,17-18H,5-10H2,1-4H3. The predicted molar refractivity (Wildman–Crippen MR) is 73.4 cm³/mol.